The molecule has 0 spiro atoms. The van der Waals surface area contributed by atoms with Gasteiger partial charge in [0.2, 0.25) is 0 Å². The predicted octanol–water partition coefficient (Wildman–Crippen LogP) is 5.30. The largest absolute Gasteiger partial charge is 0.491 e. The number of rotatable bonds is 9. The molecular formula is C29H35ClF2N2O5. The summed E-state index contributed by atoms with van der Waals surface area (Å²) in [6.45, 7) is 5.37. The van der Waals surface area contributed by atoms with Crippen LogP contribution >= 0.6 is 11.6 Å². The van der Waals surface area contributed by atoms with Crippen molar-refractivity contribution in [2.24, 2.45) is 5.73 Å². The van der Waals surface area contributed by atoms with Crippen LogP contribution in [0, 0.1) is 0 Å². The minimum absolute atomic E-state index is 0.223. The zero-order valence-electron chi connectivity index (χ0n) is 21.8. The van der Waals surface area contributed by atoms with Gasteiger partial charge in [-0.1, -0.05) is 23.7 Å². The Morgan fingerprint density at radius 3 is 2.46 bits per heavy atom. The lowest BCUT2D eigenvalue weighted by molar-refractivity contribution is -0.145. The molecule has 0 bridgehead atoms. The van der Waals surface area contributed by atoms with Crippen molar-refractivity contribution in [3.05, 3.63) is 64.9 Å². The van der Waals surface area contributed by atoms with Crippen molar-refractivity contribution in [2.75, 3.05) is 39.5 Å². The highest BCUT2D eigenvalue weighted by molar-refractivity contribution is 6.31. The molecule has 2 fully saturated rings. The van der Waals surface area contributed by atoms with Crippen molar-refractivity contribution in [3.63, 3.8) is 0 Å². The van der Waals surface area contributed by atoms with Crippen molar-refractivity contribution in [2.45, 2.75) is 50.0 Å². The van der Waals surface area contributed by atoms with Crippen LogP contribution in [-0.2, 0) is 21.9 Å². The normalized spacial score (nSPS) is 17.5. The first kappa shape index (κ1) is 29.3. The Labute approximate surface area is 231 Å². The van der Waals surface area contributed by atoms with E-state index in [9.17, 15) is 18.7 Å². The van der Waals surface area contributed by atoms with Gasteiger partial charge in [0.15, 0.2) is 5.76 Å². The number of nitrogens with two attached hydrogens (primary N) is 1. The molecule has 2 saturated heterocycles. The Morgan fingerprint density at radius 2 is 1.79 bits per heavy atom. The topological polar surface area (TPSA) is 98.2 Å². The quantitative estimate of drug-likeness (QED) is 0.366. The van der Waals surface area contributed by atoms with Crippen LogP contribution < -0.4 is 10.5 Å². The molecule has 1 aromatic heterocycles. The van der Waals surface area contributed by atoms with Crippen LogP contribution in [-0.4, -0.2) is 61.0 Å². The number of benzene rings is 2. The minimum atomic E-state index is -3.81. The van der Waals surface area contributed by atoms with Crippen LogP contribution in [0.3, 0.4) is 0 Å². The van der Waals surface area contributed by atoms with Gasteiger partial charge in [0.25, 0.3) is 5.91 Å². The molecule has 3 aromatic rings. The number of carbonyl (C=O) groups is 1. The number of carbonyl (C=O) groups excluding carboxylic acids is 1. The van der Waals surface area contributed by atoms with E-state index in [1.165, 1.54) is 62.7 Å². The molecule has 1 amide bonds. The second kappa shape index (κ2) is 13.1. The van der Waals surface area contributed by atoms with E-state index >= 15 is 0 Å². The summed E-state index contributed by atoms with van der Waals surface area (Å²) in [5, 5.41) is 11.2. The highest BCUT2D eigenvalue weighted by Crippen LogP contribution is 2.33. The standard InChI is InChI=1S/C19H29NO3.C10H6ClF2NO2/c21-19(9-14-22-15-10-19)16-23-18-7-5-17(6-8-18)4-3-13-20-11-1-2-12-20;11-6-1-2-7-5(3-6)4-8(16-7)10(12,13)9(14)15/h5-8,21H,1-4,9-16H2;1-4H,(H2,14,15). The smallest absolute Gasteiger partial charge is 0.380 e. The van der Waals surface area contributed by atoms with Crippen molar-refractivity contribution >= 4 is 28.5 Å². The van der Waals surface area contributed by atoms with E-state index in [0.29, 0.717) is 43.1 Å². The lowest BCUT2D eigenvalue weighted by Gasteiger charge is -2.31. The van der Waals surface area contributed by atoms with E-state index in [1.54, 1.807) is 0 Å². The summed E-state index contributed by atoms with van der Waals surface area (Å²) >= 11 is 5.68. The van der Waals surface area contributed by atoms with Gasteiger partial charge < -0.3 is 29.6 Å². The number of amides is 1. The molecule has 3 heterocycles. The van der Waals surface area contributed by atoms with Crippen molar-refractivity contribution in [1.29, 1.82) is 0 Å². The van der Waals surface area contributed by atoms with Gasteiger partial charge in [-0.05, 0) is 87.3 Å². The molecule has 10 heteroatoms. The average Bonchev–Trinajstić information content (AvgIpc) is 3.59. The number of aliphatic hydroxyl groups is 1. The molecule has 0 aliphatic carbocycles. The molecule has 5 rings (SSSR count). The molecule has 2 aromatic carbocycles. The van der Waals surface area contributed by atoms with Crippen LogP contribution in [0.4, 0.5) is 8.78 Å². The lowest BCUT2D eigenvalue weighted by Crippen LogP contribution is -2.41. The molecule has 0 unspecified atom stereocenters. The summed E-state index contributed by atoms with van der Waals surface area (Å²) in [6.07, 6.45) is 6.39. The highest BCUT2D eigenvalue weighted by Gasteiger charge is 2.42. The number of hydrogen-bond donors (Lipinski definition) is 2. The Morgan fingerprint density at radius 1 is 1.10 bits per heavy atom. The third-order valence-electron chi connectivity index (χ3n) is 7.09. The maximum Gasteiger partial charge on any atom is 0.380 e. The number of nitrogens with zero attached hydrogens (tertiary/aromatic N) is 1. The van der Waals surface area contributed by atoms with Gasteiger partial charge in [-0.25, -0.2) is 0 Å². The third kappa shape index (κ3) is 8.14. The van der Waals surface area contributed by atoms with Crippen LogP contribution in [0.15, 0.2) is 52.9 Å². The number of aryl methyl sites for hydroxylation is 1. The number of furan rings is 1. The van der Waals surface area contributed by atoms with Gasteiger partial charge in [0, 0.05) is 36.5 Å². The number of ether oxygens (including phenoxy) is 2. The molecule has 0 radical (unpaired) electrons. The van der Waals surface area contributed by atoms with E-state index in [0.717, 1.165) is 18.2 Å². The summed E-state index contributed by atoms with van der Waals surface area (Å²) in [4.78, 5) is 13.1. The summed E-state index contributed by atoms with van der Waals surface area (Å²) in [6, 6.07) is 13.8. The lowest BCUT2D eigenvalue weighted by atomic mass is 9.96. The fourth-order valence-electron chi connectivity index (χ4n) is 4.67. The number of alkyl halides is 2. The van der Waals surface area contributed by atoms with Crippen molar-refractivity contribution < 1.29 is 32.6 Å². The molecule has 212 valence electrons. The van der Waals surface area contributed by atoms with E-state index < -0.39 is 23.2 Å². The highest BCUT2D eigenvalue weighted by atomic mass is 35.5. The average molecular weight is 565 g/mol. The molecule has 2 aliphatic heterocycles. The first-order valence-electron chi connectivity index (χ1n) is 13.3. The van der Waals surface area contributed by atoms with E-state index in [2.05, 4.69) is 22.8 Å². The van der Waals surface area contributed by atoms with Gasteiger partial charge in [-0.3, -0.25) is 4.79 Å². The van der Waals surface area contributed by atoms with Gasteiger partial charge in [-0.15, -0.1) is 0 Å². The molecule has 0 saturated carbocycles. The Hall–Kier alpha value is -2.72. The number of hydrogen-bond acceptors (Lipinski definition) is 6. The summed E-state index contributed by atoms with van der Waals surface area (Å²) in [5.74, 6) is -5.51. The number of likely N-dealkylation sites (tertiary alicyclic amines) is 1. The predicted molar refractivity (Wildman–Crippen MR) is 145 cm³/mol. The second-order valence-corrected chi connectivity index (χ2v) is 10.6. The number of fused-ring (bicyclic) bond motifs is 1. The molecule has 3 N–H and O–H groups in total. The van der Waals surface area contributed by atoms with Crippen LogP contribution in [0.2, 0.25) is 5.02 Å². The van der Waals surface area contributed by atoms with Crippen LogP contribution in [0.1, 0.15) is 43.4 Å². The third-order valence-corrected chi connectivity index (χ3v) is 7.33. The van der Waals surface area contributed by atoms with Gasteiger partial charge in [-0.2, -0.15) is 8.78 Å². The monoisotopic (exact) mass is 564 g/mol. The fraction of sp³-hybridized carbons (Fsp3) is 0.483. The first-order chi connectivity index (χ1) is 18.6. The van der Waals surface area contributed by atoms with Crippen LogP contribution in [0.5, 0.6) is 5.75 Å². The van der Waals surface area contributed by atoms with E-state index in [4.69, 9.17) is 25.5 Å². The maximum absolute atomic E-state index is 13.2. The minimum Gasteiger partial charge on any atom is -0.491 e. The summed E-state index contributed by atoms with van der Waals surface area (Å²) in [5.41, 5.74) is 5.43. The second-order valence-electron chi connectivity index (χ2n) is 10.2. The Balaban J connectivity index is 0.000000193. The molecule has 2 aliphatic rings. The van der Waals surface area contributed by atoms with Gasteiger partial charge in [0.1, 0.15) is 23.5 Å². The van der Waals surface area contributed by atoms with E-state index in [1.807, 2.05) is 12.1 Å². The van der Waals surface area contributed by atoms with Crippen LogP contribution in [0.25, 0.3) is 11.0 Å². The molecule has 7 nitrogen and oxygen atoms in total. The number of halogens is 3. The molecule has 0 atom stereocenters. The molecule has 39 heavy (non-hydrogen) atoms. The number of primary amides is 1. The van der Waals surface area contributed by atoms with Crippen molar-refractivity contribution in [3.8, 4) is 5.75 Å². The zero-order valence-corrected chi connectivity index (χ0v) is 22.6. The van der Waals surface area contributed by atoms with Gasteiger partial charge >= 0.3 is 5.92 Å². The molecular weight excluding hydrogens is 530 g/mol. The SMILES string of the molecule is NC(=O)C(F)(F)c1cc2cc(Cl)ccc2o1.OC1(COc2ccc(CCCN3CCCC3)cc2)CCOCC1. The summed E-state index contributed by atoms with van der Waals surface area (Å²) < 4.78 is 42.3. The van der Waals surface area contributed by atoms with Gasteiger partial charge in [0.05, 0.1) is 0 Å². The van der Waals surface area contributed by atoms with Crippen molar-refractivity contribution in [1.82, 2.24) is 4.90 Å². The summed E-state index contributed by atoms with van der Waals surface area (Å²) in [7, 11) is 0. The fourth-order valence-corrected chi connectivity index (χ4v) is 4.85. The van der Waals surface area contributed by atoms with E-state index in [-0.39, 0.29) is 5.58 Å². The Bertz CT molecular complexity index is 1220. The Kier molecular flexibility index (Phi) is 9.82. The zero-order chi connectivity index (χ0) is 27.9. The maximum atomic E-state index is 13.2. The first-order valence-corrected chi connectivity index (χ1v) is 13.6.